The number of rotatable bonds is 2. The second-order valence-corrected chi connectivity index (χ2v) is 6.66. The van der Waals surface area contributed by atoms with E-state index in [1.165, 1.54) is 17.0 Å². The van der Waals surface area contributed by atoms with Crippen LogP contribution in [0.4, 0.5) is 0 Å². The average Bonchev–Trinajstić information content (AvgIpc) is 2.94. The minimum Gasteiger partial charge on any atom is -0.338 e. The van der Waals surface area contributed by atoms with Gasteiger partial charge in [0, 0.05) is 17.4 Å². The molecule has 2 unspecified atom stereocenters. The van der Waals surface area contributed by atoms with Crippen molar-refractivity contribution in [3.8, 4) is 0 Å². The standard InChI is InChI=1S/C14H22N6/c1-8-5-10-11(15)6-14(3,4)7-12(10)20(8)9(2)13-16-18-19-17-13/h5,9,11H,6-7,15H2,1-4H3,(H,16,17,18,19). The molecule has 0 radical (unpaired) electrons. The molecule has 0 saturated carbocycles. The lowest BCUT2D eigenvalue weighted by atomic mass is 9.74. The van der Waals surface area contributed by atoms with Gasteiger partial charge in [-0.05, 0) is 43.7 Å². The molecule has 2 aromatic rings. The quantitative estimate of drug-likeness (QED) is 0.875. The van der Waals surface area contributed by atoms with Gasteiger partial charge >= 0.3 is 0 Å². The van der Waals surface area contributed by atoms with Crippen LogP contribution in [0.2, 0.25) is 0 Å². The first kappa shape index (κ1) is 13.3. The number of aryl methyl sites for hydroxylation is 1. The molecule has 6 nitrogen and oxygen atoms in total. The number of hydrogen-bond donors (Lipinski definition) is 2. The largest absolute Gasteiger partial charge is 0.338 e. The summed E-state index contributed by atoms with van der Waals surface area (Å²) in [5, 5.41) is 14.4. The lowest BCUT2D eigenvalue weighted by molar-refractivity contribution is 0.273. The highest BCUT2D eigenvalue weighted by atomic mass is 15.5. The predicted molar refractivity (Wildman–Crippen MR) is 76.2 cm³/mol. The molecule has 108 valence electrons. The van der Waals surface area contributed by atoms with Crippen LogP contribution in [-0.4, -0.2) is 25.2 Å². The van der Waals surface area contributed by atoms with E-state index in [0.29, 0.717) is 5.82 Å². The van der Waals surface area contributed by atoms with Crippen molar-refractivity contribution in [1.29, 1.82) is 0 Å². The third-order valence-electron chi connectivity index (χ3n) is 4.31. The van der Waals surface area contributed by atoms with Gasteiger partial charge < -0.3 is 10.3 Å². The Morgan fingerprint density at radius 3 is 2.90 bits per heavy atom. The maximum absolute atomic E-state index is 6.36. The Bertz CT molecular complexity index is 610. The average molecular weight is 274 g/mol. The monoisotopic (exact) mass is 274 g/mol. The number of nitrogens with two attached hydrogens (primary N) is 1. The van der Waals surface area contributed by atoms with Crippen LogP contribution in [0.1, 0.15) is 62.1 Å². The third kappa shape index (κ3) is 2.04. The van der Waals surface area contributed by atoms with Crippen LogP contribution in [0.15, 0.2) is 6.07 Å². The molecule has 6 heteroatoms. The van der Waals surface area contributed by atoms with Gasteiger partial charge in [-0.25, -0.2) is 0 Å². The minimum absolute atomic E-state index is 0.0681. The number of hydrogen-bond acceptors (Lipinski definition) is 4. The van der Waals surface area contributed by atoms with E-state index in [2.05, 4.69) is 59.0 Å². The summed E-state index contributed by atoms with van der Waals surface area (Å²) in [5.41, 5.74) is 10.4. The first-order valence-corrected chi connectivity index (χ1v) is 7.08. The summed E-state index contributed by atoms with van der Waals surface area (Å²) in [4.78, 5) is 0. The summed E-state index contributed by atoms with van der Waals surface area (Å²) in [6.45, 7) is 8.78. The van der Waals surface area contributed by atoms with Gasteiger partial charge in [-0.15, -0.1) is 10.2 Å². The van der Waals surface area contributed by atoms with E-state index < -0.39 is 0 Å². The predicted octanol–water partition coefficient (Wildman–Crippen LogP) is 1.89. The first-order chi connectivity index (χ1) is 9.39. The zero-order chi connectivity index (χ0) is 14.5. The van der Waals surface area contributed by atoms with Crippen molar-refractivity contribution in [1.82, 2.24) is 25.2 Å². The molecule has 1 aliphatic rings. The van der Waals surface area contributed by atoms with Gasteiger partial charge in [0.15, 0.2) is 5.82 Å². The van der Waals surface area contributed by atoms with Crippen molar-refractivity contribution >= 4 is 0 Å². The normalized spacial score (nSPS) is 22.6. The molecule has 0 saturated heterocycles. The molecular weight excluding hydrogens is 252 g/mol. The molecule has 0 bridgehead atoms. The molecule has 2 heterocycles. The second-order valence-electron chi connectivity index (χ2n) is 6.66. The van der Waals surface area contributed by atoms with Gasteiger partial charge in [0.05, 0.1) is 6.04 Å². The second kappa shape index (κ2) is 4.41. The van der Waals surface area contributed by atoms with Gasteiger partial charge in [-0.1, -0.05) is 19.1 Å². The molecule has 20 heavy (non-hydrogen) atoms. The molecule has 0 amide bonds. The Hall–Kier alpha value is -1.69. The molecule has 0 aromatic carbocycles. The van der Waals surface area contributed by atoms with Gasteiger partial charge in [-0.3, -0.25) is 0 Å². The highest BCUT2D eigenvalue weighted by Gasteiger charge is 2.34. The number of fused-ring (bicyclic) bond motifs is 1. The third-order valence-corrected chi connectivity index (χ3v) is 4.31. The fourth-order valence-corrected chi connectivity index (χ4v) is 3.47. The number of aromatic amines is 1. The highest BCUT2D eigenvalue weighted by Crippen LogP contribution is 2.42. The number of aromatic nitrogens is 5. The number of nitrogens with zero attached hydrogens (tertiary/aromatic N) is 4. The molecule has 0 fully saturated rings. The molecule has 0 spiro atoms. The maximum Gasteiger partial charge on any atom is 0.196 e. The Morgan fingerprint density at radius 2 is 2.25 bits per heavy atom. The molecule has 0 aliphatic heterocycles. The van der Waals surface area contributed by atoms with Crippen LogP contribution in [0.25, 0.3) is 0 Å². The van der Waals surface area contributed by atoms with E-state index in [0.717, 1.165) is 12.8 Å². The van der Waals surface area contributed by atoms with Crippen LogP contribution in [-0.2, 0) is 6.42 Å². The van der Waals surface area contributed by atoms with E-state index in [1.54, 1.807) is 0 Å². The molecule has 2 atom stereocenters. The van der Waals surface area contributed by atoms with Gasteiger partial charge in [0.2, 0.25) is 0 Å². The zero-order valence-electron chi connectivity index (χ0n) is 12.5. The summed E-state index contributed by atoms with van der Waals surface area (Å²) in [7, 11) is 0. The molecule has 3 N–H and O–H groups in total. The number of tetrazole rings is 1. The molecular formula is C14H22N6. The van der Waals surface area contributed by atoms with Gasteiger partial charge in [0.1, 0.15) is 0 Å². The van der Waals surface area contributed by atoms with Crippen LogP contribution >= 0.6 is 0 Å². The Labute approximate surface area is 118 Å². The highest BCUT2D eigenvalue weighted by molar-refractivity contribution is 5.35. The van der Waals surface area contributed by atoms with Crippen LogP contribution in [0, 0.1) is 12.3 Å². The number of H-pyrrole nitrogens is 1. The van der Waals surface area contributed by atoms with Crippen LogP contribution in [0.5, 0.6) is 0 Å². The van der Waals surface area contributed by atoms with Gasteiger partial charge in [-0.2, -0.15) is 5.21 Å². The van der Waals surface area contributed by atoms with Crippen molar-refractivity contribution in [2.75, 3.05) is 0 Å². The van der Waals surface area contributed by atoms with Crippen molar-refractivity contribution in [3.63, 3.8) is 0 Å². The van der Waals surface area contributed by atoms with Crippen LogP contribution in [0.3, 0.4) is 0 Å². The lowest BCUT2D eigenvalue weighted by Gasteiger charge is -2.35. The summed E-state index contributed by atoms with van der Waals surface area (Å²) in [6, 6.07) is 2.40. The zero-order valence-corrected chi connectivity index (χ0v) is 12.5. The fraction of sp³-hybridized carbons (Fsp3) is 0.643. The smallest absolute Gasteiger partial charge is 0.196 e. The molecule has 3 rings (SSSR count). The van der Waals surface area contributed by atoms with E-state index >= 15 is 0 Å². The van der Waals surface area contributed by atoms with E-state index in [-0.39, 0.29) is 17.5 Å². The van der Waals surface area contributed by atoms with Gasteiger partial charge in [0.25, 0.3) is 0 Å². The molecule has 2 aromatic heterocycles. The Balaban J connectivity index is 2.09. The van der Waals surface area contributed by atoms with Crippen molar-refractivity contribution < 1.29 is 0 Å². The Kier molecular flexibility index (Phi) is 2.93. The fourth-order valence-electron chi connectivity index (χ4n) is 3.47. The van der Waals surface area contributed by atoms with Crippen molar-refractivity contribution in [2.24, 2.45) is 11.1 Å². The summed E-state index contributed by atoms with van der Waals surface area (Å²) >= 11 is 0. The number of nitrogens with one attached hydrogen (secondary N) is 1. The Morgan fingerprint density at radius 1 is 1.50 bits per heavy atom. The SMILES string of the molecule is Cc1cc2c(n1C(C)c1nn[nH]n1)CC(C)(C)CC2N. The van der Waals surface area contributed by atoms with E-state index in [9.17, 15) is 0 Å². The van der Waals surface area contributed by atoms with E-state index in [4.69, 9.17) is 5.73 Å². The lowest BCUT2D eigenvalue weighted by Crippen LogP contribution is -2.31. The summed E-state index contributed by atoms with van der Waals surface area (Å²) in [6.07, 6.45) is 2.06. The molecule has 1 aliphatic carbocycles. The minimum atomic E-state index is 0.0681. The van der Waals surface area contributed by atoms with E-state index in [1.807, 2.05) is 0 Å². The topological polar surface area (TPSA) is 85.4 Å². The van der Waals surface area contributed by atoms with Crippen molar-refractivity contribution in [3.05, 3.63) is 28.8 Å². The van der Waals surface area contributed by atoms with Crippen LogP contribution < -0.4 is 5.73 Å². The van der Waals surface area contributed by atoms with Crippen molar-refractivity contribution in [2.45, 2.75) is 52.6 Å². The summed E-state index contributed by atoms with van der Waals surface area (Å²) in [5.74, 6) is 0.712. The first-order valence-electron chi connectivity index (χ1n) is 7.08. The maximum atomic E-state index is 6.36. The summed E-state index contributed by atoms with van der Waals surface area (Å²) < 4.78 is 2.31.